The fourth-order valence-electron chi connectivity index (χ4n) is 2.74. The molecule has 1 fully saturated rings. The Hall–Kier alpha value is -2.44. The van der Waals surface area contributed by atoms with Crippen LogP contribution in [0.25, 0.3) is 11.3 Å². The van der Waals surface area contributed by atoms with E-state index in [1.54, 1.807) is 0 Å². The van der Waals surface area contributed by atoms with Crippen molar-refractivity contribution in [1.82, 2.24) is 20.2 Å². The second kappa shape index (κ2) is 5.75. The van der Waals surface area contributed by atoms with E-state index < -0.39 is 11.2 Å². The SMILES string of the molecule is Cc1nnc(-c2c[nH]c(=O)[nH]c2=O)cc1N1CCC(C)CC1. The second-order valence-electron chi connectivity index (χ2n) is 5.86. The molecular formula is C15H19N5O2. The van der Waals surface area contributed by atoms with Gasteiger partial charge in [-0.05, 0) is 31.7 Å². The van der Waals surface area contributed by atoms with Crippen LogP contribution in [0.1, 0.15) is 25.5 Å². The number of nitrogens with one attached hydrogen (secondary N) is 2. The van der Waals surface area contributed by atoms with Crippen molar-refractivity contribution in [3.63, 3.8) is 0 Å². The predicted molar refractivity (Wildman–Crippen MR) is 84.1 cm³/mol. The molecule has 3 heterocycles. The Morgan fingerprint density at radius 3 is 2.64 bits per heavy atom. The highest BCUT2D eigenvalue weighted by Gasteiger charge is 2.19. The first-order valence-electron chi connectivity index (χ1n) is 7.46. The quantitative estimate of drug-likeness (QED) is 0.865. The maximum atomic E-state index is 11.9. The van der Waals surface area contributed by atoms with Gasteiger partial charge in [0.25, 0.3) is 5.56 Å². The second-order valence-corrected chi connectivity index (χ2v) is 5.86. The summed E-state index contributed by atoms with van der Waals surface area (Å²) in [7, 11) is 0. The van der Waals surface area contributed by atoms with Gasteiger partial charge in [0.2, 0.25) is 0 Å². The molecule has 0 saturated carbocycles. The number of rotatable bonds is 2. The van der Waals surface area contributed by atoms with Crippen molar-refractivity contribution in [2.45, 2.75) is 26.7 Å². The summed E-state index contributed by atoms with van der Waals surface area (Å²) in [4.78, 5) is 30.0. The molecule has 0 aromatic carbocycles. The van der Waals surface area contributed by atoms with Gasteiger partial charge in [0, 0.05) is 19.3 Å². The average Bonchev–Trinajstić information content (AvgIpc) is 2.49. The van der Waals surface area contributed by atoms with E-state index in [1.165, 1.54) is 6.20 Å². The third-order valence-corrected chi connectivity index (χ3v) is 4.17. The number of nitrogens with zero attached hydrogens (tertiary/aromatic N) is 3. The standard InChI is InChI=1S/C15H19N5O2/c1-9-3-5-20(6-4-9)13-7-12(19-18-10(13)2)11-8-16-15(22)17-14(11)21/h7-9H,3-6H2,1-2H3,(H2,16,17,21,22). The monoisotopic (exact) mass is 301 g/mol. The minimum Gasteiger partial charge on any atom is -0.370 e. The van der Waals surface area contributed by atoms with E-state index in [-0.39, 0.29) is 0 Å². The highest BCUT2D eigenvalue weighted by Crippen LogP contribution is 2.26. The number of piperidine rings is 1. The summed E-state index contributed by atoms with van der Waals surface area (Å²) in [6.07, 6.45) is 3.68. The zero-order valence-corrected chi connectivity index (χ0v) is 12.7. The minimum absolute atomic E-state index is 0.318. The van der Waals surface area contributed by atoms with E-state index in [2.05, 4.69) is 32.0 Å². The van der Waals surface area contributed by atoms with Crippen LogP contribution < -0.4 is 16.1 Å². The van der Waals surface area contributed by atoms with Crippen LogP contribution >= 0.6 is 0 Å². The molecule has 0 radical (unpaired) electrons. The number of aromatic nitrogens is 4. The van der Waals surface area contributed by atoms with Crippen molar-refractivity contribution >= 4 is 5.69 Å². The molecule has 0 aliphatic carbocycles. The first-order valence-corrected chi connectivity index (χ1v) is 7.46. The molecule has 0 bridgehead atoms. The molecule has 7 nitrogen and oxygen atoms in total. The molecule has 7 heteroatoms. The molecule has 2 aromatic rings. The number of H-pyrrole nitrogens is 2. The maximum absolute atomic E-state index is 11.9. The smallest absolute Gasteiger partial charge is 0.325 e. The number of aryl methyl sites for hydroxylation is 1. The first-order chi connectivity index (χ1) is 10.5. The van der Waals surface area contributed by atoms with Crippen molar-refractivity contribution in [2.24, 2.45) is 5.92 Å². The van der Waals surface area contributed by atoms with E-state index in [0.717, 1.165) is 43.2 Å². The molecule has 0 atom stereocenters. The highest BCUT2D eigenvalue weighted by atomic mass is 16.2. The van der Waals surface area contributed by atoms with Crippen molar-refractivity contribution < 1.29 is 0 Å². The number of hydrogen-bond acceptors (Lipinski definition) is 5. The summed E-state index contributed by atoms with van der Waals surface area (Å²) in [6, 6.07) is 1.88. The van der Waals surface area contributed by atoms with Crippen LogP contribution in [0.4, 0.5) is 5.69 Å². The average molecular weight is 301 g/mol. The number of anilines is 1. The molecule has 116 valence electrons. The van der Waals surface area contributed by atoms with Gasteiger partial charge in [-0.3, -0.25) is 9.78 Å². The lowest BCUT2D eigenvalue weighted by atomic mass is 9.98. The molecule has 1 aliphatic rings. The van der Waals surface area contributed by atoms with Gasteiger partial charge < -0.3 is 9.88 Å². The van der Waals surface area contributed by atoms with E-state index >= 15 is 0 Å². The molecule has 0 amide bonds. The Bertz CT molecular complexity index is 787. The predicted octanol–water partition coefficient (Wildman–Crippen LogP) is 1.06. The molecule has 2 N–H and O–H groups in total. The molecule has 1 saturated heterocycles. The van der Waals surface area contributed by atoms with Crippen LogP contribution in [0, 0.1) is 12.8 Å². The van der Waals surface area contributed by atoms with E-state index in [4.69, 9.17) is 0 Å². The van der Waals surface area contributed by atoms with Gasteiger partial charge in [-0.25, -0.2) is 4.79 Å². The van der Waals surface area contributed by atoms with Crippen LogP contribution in [0.3, 0.4) is 0 Å². The molecule has 0 unspecified atom stereocenters. The summed E-state index contributed by atoms with van der Waals surface area (Å²) in [5.74, 6) is 0.743. The van der Waals surface area contributed by atoms with E-state index in [1.807, 2.05) is 13.0 Å². The summed E-state index contributed by atoms with van der Waals surface area (Å²) < 4.78 is 0. The third-order valence-electron chi connectivity index (χ3n) is 4.17. The van der Waals surface area contributed by atoms with Gasteiger partial charge in [0.1, 0.15) is 5.69 Å². The van der Waals surface area contributed by atoms with Crippen molar-refractivity contribution in [1.29, 1.82) is 0 Å². The van der Waals surface area contributed by atoms with Crippen molar-refractivity contribution in [3.8, 4) is 11.3 Å². The Morgan fingerprint density at radius 2 is 1.95 bits per heavy atom. The Kier molecular flexibility index (Phi) is 3.79. The fourth-order valence-corrected chi connectivity index (χ4v) is 2.74. The molecule has 3 rings (SSSR count). The van der Waals surface area contributed by atoms with Crippen molar-refractivity contribution in [3.05, 3.63) is 38.8 Å². The van der Waals surface area contributed by atoms with Gasteiger partial charge in [0.05, 0.1) is 16.9 Å². The number of hydrogen-bond donors (Lipinski definition) is 2. The molecule has 22 heavy (non-hydrogen) atoms. The van der Waals surface area contributed by atoms with Crippen molar-refractivity contribution in [2.75, 3.05) is 18.0 Å². The largest absolute Gasteiger partial charge is 0.370 e. The van der Waals surface area contributed by atoms with Gasteiger partial charge in [-0.2, -0.15) is 5.10 Å². The minimum atomic E-state index is -0.529. The number of aromatic amines is 2. The topological polar surface area (TPSA) is 94.7 Å². The van der Waals surface area contributed by atoms with Gasteiger partial charge in [-0.1, -0.05) is 6.92 Å². The van der Waals surface area contributed by atoms with E-state index in [0.29, 0.717) is 11.3 Å². The van der Waals surface area contributed by atoms with Crippen LogP contribution in [-0.2, 0) is 0 Å². The first kappa shape index (κ1) is 14.5. The molecule has 0 spiro atoms. The van der Waals surface area contributed by atoms with Gasteiger partial charge >= 0.3 is 5.69 Å². The lowest BCUT2D eigenvalue weighted by Crippen LogP contribution is -2.33. The highest BCUT2D eigenvalue weighted by molar-refractivity contribution is 5.64. The van der Waals surface area contributed by atoms with Crippen LogP contribution in [0.15, 0.2) is 21.9 Å². The fraction of sp³-hybridized carbons (Fsp3) is 0.467. The maximum Gasteiger partial charge on any atom is 0.325 e. The van der Waals surface area contributed by atoms with Crippen LogP contribution in [-0.4, -0.2) is 33.3 Å². The summed E-state index contributed by atoms with van der Waals surface area (Å²) in [5.41, 5.74) is 1.65. The lowest BCUT2D eigenvalue weighted by Gasteiger charge is -2.32. The Labute approximate surface area is 127 Å². The van der Waals surface area contributed by atoms with Gasteiger partial charge in [-0.15, -0.1) is 5.10 Å². The molecular weight excluding hydrogens is 282 g/mol. The van der Waals surface area contributed by atoms with Gasteiger partial charge in [0.15, 0.2) is 0 Å². The normalized spacial score (nSPS) is 16.0. The molecule has 1 aliphatic heterocycles. The molecule has 2 aromatic heterocycles. The Morgan fingerprint density at radius 1 is 1.23 bits per heavy atom. The van der Waals surface area contributed by atoms with E-state index in [9.17, 15) is 9.59 Å². The third kappa shape index (κ3) is 2.79. The Balaban J connectivity index is 1.99. The van der Waals surface area contributed by atoms with Crippen LogP contribution in [0.2, 0.25) is 0 Å². The summed E-state index contributed by atoms with van der Waals surface area (Å²) in [5, 5.41) is 8.27. The summed E-state index contributed by atoms with van der Waals surface area (Å²) >= 11 is 0. The zero-order chi connectivity index (χ0) is 15.7. The zero-order valence-electron chi connectivity index (χ0n) is 12.7. The summed E-state index contributed by atoms with van der Waals surface area (Å²) in [6.45, 7) is 6.14. The lowest BCUT2D eigenvalue weighted by molar-refractivity contribution is 0.437. The van der Waals surface area contributed by atoms with Crippen LogP contribution in [0.5, 0.6) is 0 Å².